The predicted octanol–water partition coefficient (Wildman–Crippen LogP) is 3.40. The van der Waals surface area contributed by atoms with Crippen LogP contribution in [0.3, 0.4) is 0 Å². The van der Waals surface area contributed by atoms with Crippen LogP contribution in [0.1, 0.15) is 48.3 Å². The second kappa shape index (κ2) is 8.50. The Kier molecular flexibility index (Phi) is 6.10. The van der Waals surface area contributed by atoms with Gasteiger partial charge in [-0.15, -0.1) is 0 Å². The highest BCUT2D eigenvalue weighted by Crippen LogP contribution is 2.26. The van der Waals surface area contributed by atoms with Crippen LogP contribution in [0.15, 0.2) is 24.4 Å². The number of imidazole rings is 1. The van der Waals surface area contributed by atoms with Crippen molar-refractivity contribution in [1.82, 2.24) is 14.9 Å². The van der Waals surface area contributed by atoms with Crippen LogP contribution < -0.4 is 10.1 Å². The van der Waals surface area contributed by atoms with Crippen molar-refractivity contribution in [2.45, 2.75) is 52.3 Å². The molecule has 5 heteroatoms. The van der Waals surface area contributed by atoms with Crippen molar-refractivity contribution in [3.05, 3.63) is 47.0 Å². The summed E-state index contributed by atoms with van der Waals surface area (Å²) >= 11 is 0. The number of ether oxygens (including phenoxy) is 2. The van der Waals surface area contributed by atoms with Crippen LogP contribution in [-0.4, -0.2) is 29.8 Å². The van der Waals surface area contributed by atoms with E-state index in [0.29, 0.717) is 19.1 Å². The van der Waals surface area contributed by atoms with Crippen molar-refractivity contribution < 1.29 is 9.47 Å². The number of aryl methyl sites for hydroxylation is 2. The Morgan fingerprint density at radius 2 is 2.24 bits per heavy atom. The first-order valence-electron chi connectivity index (χ1n) is 9.19. The van der Waals surface area contributed by atoms with Crippen LogP contribution in [0, 0.1) is 6.92 Å². The summed E-state index contributed by atoms with van der Waals surface area (Å²) in [5.41, 5.74) is 3.48. The highest BCUT2D eigenvalue weighted by Gasteiger charge is 2.21. The lowest BCUT2D eigenvalue weighted by molar-refractivity contribution is 0.132. The smallest absolute Gasteiger partial charge is 0.124 e. The van der Waals surface area contributed by atoms with Gasteiger partial charge in [-0.2, -0.15) is 0 Å². The number of nitrogens with zero attached hydrogens (tertiary/aromatic N) is 2. The van der Waals surface area contributed by atoms with Crippen LogP contribution in [-0.2, 0) is 24.4 Å². The molecule has 136 valence electrons. The maximum absolute atomic E-state index is 5.55. The van der Waals surface area contributed by atoms with Gasteiger partial charge in [0.15, 0.2) is 0 Å². The first-order chi connectivity index (χ1) is 12.2. The molecule has 25 heavy (non-hydrogen) atoms. The van der Waals surface area contributed by atoms with E-state index in [0.717, 1.165) is 36.6 Å². The molecule has 1 aromatic carbocycles. The number of aromatic nitrogens is 2. The Morgan fingerprint density at radius 1 is 1.36 bits per heavy atom. The zero-order valence-corrected chi connectivity index (χ0v) is 15.5. The Balaban J connectivity index is 1.59. The Hall–Kier alpha value is -1.85. The summed E-state index contributed by atoms with van der Waals surface area (Å²) in [7, 11) is 1.70. The molecule has 1 aromatic heterocycles. The number of methoxy groups -OCH3 is 1. The Labute approximate surface area is 150 Å². The molecule has 0 saturated carbocycles. The van der Waals surface area contributed by atoms with Crippen molar-refractivity contribution in [1.29, 1.82) is 0 Å². The van der Waals surface area contributed by atoms with E-state index in [-0.39, 0.29) is 0 Å². The second-order valence-electron chi connectivity index (χ2n) is 6.69. The number of rotatable bonds is 8. The van der Waals surface area contributed by atoms with E-state index in [4.69, 9.17) is 14.5 Å². The summed E-state index contributed by atoms with van der Waals surface area (Å²) in [6, 6.07) is 6.32. The molecule has 2 heterocycles. The van der Waals surface area contributed by atoms with E-state index in [1.54, 1.807) is 7.11 Å². The van der Waals surface area contributed by atoms with Gasteiger partial charge in [-0.3, -0.25) is 0 Å². The third kappa shape index (κ3) is 4.41. The van der Waals surface area contributed by atoms with E-state index < -0.39 is 0 Å². The molecule has 1 atom stereocenters. The van der Waals surface area contributed by atoms with Crippen molar-refractivity contribution >= 4 is 0 Å². The van der Waals surface area contributed by atoms with E-state index in [2.05, 4.69) is 35.1 Å². The zero-order chi connectivity index (χ0) is 17.6. The third-order valence-electron chi connectivity index (χ3n) is 4.77. The minimum absolute atomic E-state index is 0.503. The van der Waals surface area contributed by atoms with Gasteiger partial charge in [-0.05, 0) is 44.4 Å². The minimum atomic E-state index is 0.503. The second-order valence-corrected chi connectivity index (χ2v) is 6.69. The molecule has 0 radical (unpaired) electrons. The molecule has 1 N–H and O–H groups in total. The number of fused-ring (bicyclic) bond motifs is 1. The molecule has 1 aliphatic rings. The lowest BCUT2D eigenvalue weighted by Crippen LogP contribution is -2.26. The van der Waals surface area contributed by atoms with Crippen molar-refractivity contribution in [2.24, 2.45) is 0 Å². The van der Waals surface area contributed by atoms with Crippen LogP contribution in [0.4, 0.5) is 0 Å². The van der Waals surface area contributed by atoms with E-state index in [9.17, 15) is 0 Å². The molecule has 1 unspecified atom stereocenters. The van der Waals surface area contributed by atoms with Gasteiger partial charge in [-0.1, -0.05) is 6.07 Å². The Morgan fingerprint density at radius 3 is 3.04 bits per heavy atom. The Bertz CT molecular complexity index is 696. The van der Waals surface area contributed by atoms with Gasteiger partial charge in [0.1, 0.15) is 11.6 Å². The highest BCUT2D eigenvalue weighted by molar-refractivity contribution is 5.37. The lowest BCUT2D eigenvalue weighted by atomic mass is 9.99. The first-order valence-corrected chi connectivity index (χ1v) is 9.19. The van der Waals surface area contributed by atoms with Gasteiger partial charge in [0, 0.05) is 43.9 Å². The molecule has 1 aliphatic heterocycles. The summed E-state index contributed by atoms with van der Waals surface area (Å²) in [4.78, 5) is 4.72. The van der Waals surface area contributed by atoms with E-state index in [1.165, 1.54) is 24.2 Å². The topological polar surface area (TPSA) is 48.3 Å². The molecular weight excluding hydrogens is 314 g/mol. The molecule has 0 fully saturated rings. The van der Waals surface area contributed by atoms with Crippen LogP contribution in [0.2, 0.25) is 0 Å². The zero-order valence-electron chi connectivity index (χ0n) is 15.5. The fraction of sp³-hybridized carbons (Fsp3) is 0.550. The molecule has 0 amide bonds. The monoisotopic (exact) mass is 343 g/mol. The van der Waals surface area contributed by atoms with Crippen molar-refractivity contribution in [3.63, 3.8) is 0 Å². The molecule has 2 aromatic rings. The molecule has 5 nitrogen and oxygen atoms in total. The maximum Gasteiger partial charge on any atom is 0.124 e. The van der Waals surface area contributed by atoms with E-state index >= 15 is 0 Å². The quantitative estimate of drug-likeness (QED) is 0.798. The normalized spacial score (nSPS) is 16.7. The molecular formula is C20H29N3O2. The number of hydrogen-bond acceptors (Lipinski definition) is 4. The highest BCUT2D eigenvalue weighted by atomic mass is 16.5. The standard InChI is InChI=1S/C20H29N3O2/c1-4-25-14-18-10-16(7-8-19(18)24-3)11-21-12-17-6-5-9-23-13-15(2)22-20(17)23/h7-8,10,13,17,21H,4-6,9,11-12,14H2,1-3H3. The summed E-state index contributed by atoms with van der Waals surface area (Å²) in [6.45, 7) is 8.29. The lowest BCUT2D eigenvalue weighted by Gasteiger charge is -2.23. The van der Waals surface area contributed by atoms with Gasteiger partial charge in [0.2, 0.25) is 0 Å². The first kappa shape index (κ1) is 18.0. The van der Waals surface area contributed by atoms with Gasteiger partial charge in [-0.25, -0.2) is 4.98 Å². The number of nitrogens with one attached hydrogen (secondary N) is 1. The maximum atomic E-state index is 5.55. The van der Waals surface area contributed by atoms with Crippen LogP contribution >= 0.6 is 0 Å². The molecule has 0 saturated heterocycles. The summed E-state index contributed by atoms with van der Waals surface area (Å²) < 4.78 is 13.3. The molecule has 0 spiro atoms. The summed E-state index contributed by atoms with van der Waals surface area (Å²) in [6.07, 6.45) is 4.61. The number of hydrogen-bond donors (Lipinski definition) is 1. The average Bonchev–Trinajstić information content (AvgIpc) is 3.01. The van der Waals surface area contributed by atoms with Gasteiger partial charge >= 0.3 is 0 Å². The summed E-state index contributed by atoms with van der Waals surface area (Å²) in [5, 5.41) is 3.61. The minimum Gasteiger partial charge on any atom is -0.496 e. The molecule has 0 aliphatic carbocycles. The van der Waals surface area contributed by atoms with Gasteiger partial charge < -0.3 is 19.4 Å². The van der Waals surface area contributed by atoms with Gasteiger partial charge in [0.25, 0.3) is 0 Å². The van der Waals surface area contributed by atoms with Crippen molar-refractivity contribution in [2.75, 3.05) is 20.3 Å². The van der Waals surface area contributed by atoms with Crippen molar-refractivity contribution in [3.8, 4) is 5.75 Å². The average molecular weight is 343 g/mol. The van der Waals surface area contributed by atoms with E-state index in [1.807, 2.05) is 13.0 Å². The fourth-order valence-electron chi connectivity index (χ4n) is 3.56. The SMILES string of the molecule is CCOCc1cc(CNCC2CCCn3cc(C)nc32)ccc1OC. The molecule has 3 rings (SSSR count). The molecule has 0 bridgehead atoms. The summed E-state index contributed by atoms with van der Waals surface area (Å²) in [5.74, 6) is 2.63. The van der Waals surface area contributed by atoms with Gasteiger partial charge in [0.05, 0.1) is 19.4 Å². The van der Waals surface area contributed by atoms with Crippen LogP contribution in [0.5, 0.6) is 5.75 Å². The predicted molar refractivity (Wildman–Crippen MR) is 99.0 cm³/mol. The third-order valence-corrected chi connectivity index (χ3v) is 4.77. The van der Waals surface area contributed by atoms with Crippen LogP contribution in [0.25, 0.3) is 0 Å². The fourth-order valence-corrected chi connectivity index (χ4v) is 3.56. The number of benzene rings is 1. The largest absolute Gasteiger partial charge is 0.496 e.